The van der Waals surface area contributed by atoms with E-state index in [0.717, 1.165) is 29.6 Å². The number of hydrogen-bond donors (Lipinski definition) is 0. The van der Waals surface area contributed by atoms with Gasteiger partial charge >= 0.3 is 0 Å². The first kappa shape index (κ1) is 13.9. The van der Waals surface area contributed by atoms with Gasteiger partial charge in [0.2, 0.25) is 0 Å². The molecule has 0 aromatic heterocycles. The van der Waals surface area contributed by atoms with E-state index in [9.17, 15) is 4.39 Å². The van der Waals surface area contributed by atoms with E-state index in [1.165, 1.54) is 0 Å². The SMILES string of the molecule is C#CC1C2=C(F)C=C(C)CC2C(CC)/C=C\C=C/1C. The molecule has 0 bridgehead atoms. The molecule has 100 valence electrons. The molecule has 0 amide bonds. The van der Waals surface area contributed by atoms with Crippen LogP contribution in [-0.4, -0.2) is 0 Å². The van der Waals surface area contributed by atoms with E-state index in [0.29, 0.717) is 5.92 Å². The zero-order valence-electron chi connectivity index (χ0n) is 11.9. The number of rotatable bonds is 1. The minimum atomic E-state index is -0.201. The van der Waals surface area contributed by atoms with Crippen LogP contribution in [-0.2, 0) is 0 Å². The van der Waals surface area contributed by atoms with E-state index in [4.69, 9.17) is 6.42 Å². The van der Waals surface area contributed by atoms with Gasteiger partial charge in [0.15, 0.2) is 0 Å². The molecule has 19 heavy (non-hydrogen) atoms. The van der Waals surface area contributed by atoms with Gasteiger partial charge in [-0.3, -0.25) is 0 Å². The van der Waals surface area contributed by atoms with Crippen LogP contribution in [0.1, 0.15) is 33.6 Å². The third-order valence-corrected chi connectivity index (χ3v) is 4.23. The van der Waals surface area contributed by atoms with Crippen LogP contribution in [0.3, 0.4) is 0 Å². The Bertz CT molecular complexity index is 522. The molecule has 0 heterocycles. The summed E-state index contributed by atoms with van der Waals surface area (Å²) in [7, 11) is 0. The van der Waals surface area contributed by atoms with Crippen LogP contribution in [0.15, 0.2) is 46.9 Å². The van der Waals surface area contributed by atoms with Gasteiger partial charge in [0, 0.05) is 0 Å². The average Bonchev–Trinajstić information content (AvgIpc) is 2.35. The van der Waals surface area contributed by atoms with Crippen molar-refractivity contribution in [3.8, 4) is 12.3 Å². The topological polar surface area (TPSA) is 0 Å². The lowest BCUT2D eigenvalue weighted by Crippen LogP contribution is -2.25. The maximum Gasteiger partial charge on any atom is 0.124 e. The summed E-state index contributed by atoms with van der Waals surface area (Å²) in [6.45, 7) is 6.14. The van der Waals surface area contributed by atoms with Gasteiger partial charge in [-0.25, -0.2) is 4.39 Å². The summed E-state index contributed by atoms with van der Waals surface area (Å²) in [5.41, 5.74) is 2.98. The molecular formula is C18H21F. The van der Waals surface area contributed by atoms with Gasteiger partial charge in [-0.2, -0.15) is 0 Å². The smallest absolute Gasteiger partial charge is 0.124 e. The molecule has 0 aromatic rings. The highest BCUT2D eigenvalue weighted by atomic mass is 19.1. The molecule has 0 aliphatic heterocycles. The highest BCUT2D eigenvalue weighted by Crippen LogP contribution is 2.43. The highest BCUT2D eigenvalue weighted by molar-refractivity contribution is 5.42. The van der Waals surface area contributed by atoms with Gasteiger partial charge in [0.1, 0.15) is 5.83 Å². The van der Waals surface area contributed by atoms with Crippen molar-refractivity contribution in [3.05, 3.63) is 46.9 Å². The van der Waals surface area contributed by atoms with Crippen molar-refractivity contribution in [2.75, 3.05) is 0 Å². The molecule has 2 aliphatic rings. The summed E-state index contributed by atoms with van der Waals surface area (Å²) in [5.74, 6) is 3.04. The normalized spacial score (nSPS) is 35.2. The summed E-state index contributed by atoms with van der Waals surface area (Å²) >= 11 is 0. The first-order chi connectivity index (χ1) is 9.08. The molecule has 0 N–H and O–H groups in total. The summed E-state index contributed by atoms with van der Waals surface area (Å²) in [4.78, 5) is 0. The van der Waals surface area contributed by atoms with E-state index in [2.05, 4.69) is 25.0 Å². The minimum Gasteiger partial charge on any atom is -0.207 e. The van der Waals surface area contributed by atoms with E-state index in [1.54, 1.807) is 6.08 Å². The lowest BCUT2D eigenvalue weighted by molar-refractivity contribution is 0.395. The van der Waals surface area contributed by atoms with Gasteiger partial charge < -0.3 is 0 Å². The third-order valence-electron chi connectivity index (χ3n) is 4.23. The quantitative estimate of drug-likeness (QED) is 0.581. The van der Waals surface area contributed by atoms with Crippen LogP contribution in [0.5, 0.6) is 0 Å². The van der Waals surface area contributed by atoms with E-state index in [-0.39, 0.29) is 17.7 Å². The van der Waals surface area contributed by atoms with Crippen LogP contribution >= 0.6 is 0 Å². The van der Waals surface area contributed by atoms with Crippen LogP contribution in [0.25, 0.3) is 0 Å². The highest BCUT2D eigenvalue weighted by Gasteiger charge is 2.33. The van der Waals surface area contributed by atoms with Crippen LogP contribution in [0.2, 0.25) is 0 Å². The first-order valence-electron chi connectivity index (χ1n) is 6.96. The summed E-state index contributed by atoms with van der Waals surface area (Å²) in [6, 6.07) is 0. The van der Waals surface area contributed by atoms with E-state index >= 15 is 0 Å². The van der Waals surface area contributed by atoms with Crippen LogP contribution in [0.4, 0.5) is 4.39 Å². The molecule has 0 saturated carbocycles. The van der Waals surface area contributed by atoms with E-state index in [1.807, 2.05) is 19.9 Å². The predicted octanol–water partition coefficient (Wildman–Crippen LogP) is 4.97. The molecule has 0 nitrogen and oxygen atoms in total. The number of fused-ring (bicyclic) bond motifs is 1. The molecule has 0 aromatic carbocycles. The molecule has 0 saturated heterocycles. The fraction of sp³-hybridized carbons (Fsp3) is 0.444. The van der Waals surface area contributed by atoms with Crippen molar-refractivity contribution in [1.29, 1.82) is 0 Å². The van der Waals surface area contributed by atoms with Crippen molar-refractivity contribution in [2.24, 2.45) is 17.8 Å². The van der Waals surface area contributed by atoms with Crippen molar-refractivity contribution < 1.29 is 4.39 Å². The second-order valence-electron chi connectivity index (χ2n) is 5.57. The summed E-state index contributed by atoms with van der Waals surface area (Å²) < 4.78 is 14.5. The molecule has 3 unspecified atom stereocenters. The van der Waals surface area contributed by atoms with Gasteiger partial charge in [0.25, 0.3) is 0 Å². The summed E-state index contributed by atoms with van der Waals surface area (Å²) in [6.07, 6.45) is 15.5. The Hall–Kier alpha value is -1.55. The van der Waals surface area contributed by atoms with Crippen LogP contribution < -0.4 is 0 Å². The molecular weight excluding hydrogens is 235 g/mol. The number of halogens is 1. The second-order valence-corrected chi connectivity index (χ2v) is 5.57. The zero-order chi connectivity index (χ0) is 14.0. The fourth-order valence-corrected chi connectivity index (χ4v) is 3.19. The van der Waals surface area contributed by atoms with Gasteiger partial charge in [-0.15, -0.1) is 6.42 Å². The van der Waals surface area contributed by atoms with Gasteiger partial charge in [0.05, 0.1) is 5.92 Å². The molecule has 2 rings (SSSR count). The Kier molecular flexibility index (Phi) is 4.10. The number of terminal acetylenes is 1. The van der Waals surface area contributed by atoms with Gasteiger partial charge in [-0.05, 0) is 50.2 Å². The molecule has 2 aliphatic carbocycles. The predicted molar refractivity (Wildman–Crippen MR) is 79.0 cm³/mol. The lowest BCUT2D eigenvalue weighted by Gasteiger charge is -2.34. The Morgan fingerprint density at radius 1 is 1.42 bits per heavy atom. The molecule has 1 heteroatoms. The fourth-order valence-electron chi connectivity index (χ4n) is 3.19. The standard InChI is InChI=1S/C18H21F/c1-5-14-9-7-8-13(4)15(6-2)18-16(14)10-12(3)11-17(18)19/h2,7-9,11,14-16H,5,10H2,1,3-4H3/b9-7-,13-8-. The molecule has 0 fully saturated rings. The number of allylic oxidation sites excluding steroid dienone is 8. The van der Waals surface area contributed by atoms with Crippen LogP contribution in [0, 0.1) is 30.1 Å². The van der Waals surface area contributed by atoms with Crippen molar-refractivity contribution in [2.45, 2.75) is 33.6 Å². The Balaban J connectivity index is 2.59. The zero-order valence-corrected chi connectivity index (χ0v) is 11.9. The third kappa shape index (κ3) is 2.59. The maximum atomic E-state index is 14.5. The number of hydrogen-bond acceptors (Lipinski definition) is 0. The van der Waals surface area contributed by atoms with Crippen molar-refractivity contribution >= 4 is 0 Å². The Morgan fingerprint density at radius 2 is 2.16 bits per heavy atom. The Labute approximate surface area is 115 Å². The Morgan fingerprint density at radius 3 is 2.79 bits per heavy atom. The molecule has 3 atom stereocenters. The molecule has 0 radical (unpaired) electrons. The van der Waals surface area contributed by atoms with Gasteiger partial charge in [-0.1, -0.05) is 42.2 Å². The second kappa shape index (κ2) is 5.61. The lowest BCUT2D eigenvalue weighted by atomic mass is 9.70. The van der Waals surface area contributed by atoms with Crippen molar-refractivity contribution in [1.82, 2.24) is 0 Å². The van der Waals surface area contributed by atoms with E-state index < -0.39 is 0 Å². The monoisotopic (exact) mass is 256 g/mol. The summed E-state index contributed by atoms with van der Waals surface area (Å²) in [5, 5.41) is 0. The molecule has 0 spiro atoms. The maximum absolute atomic E-state index is 14.5. The largest absolute Gasteiger partial charge is 0.207 e. The minimum absolute atomic E-state index is 0.113. The average molecular weight is 256 g/mol. The first-order valence-corrected chi connectivity index (χ1v) is 6.96. The van der Waals surface area contributed by atoms with Crippen molar-refractivity contribution in [3.63, 3.8) is 0 Å².